The van der Waals surface area contributed by atoms with Crippen LogP contribution in [0.3, 0.4) is 0 Å². The zero-order chi connectivity index (χ0) is 19.9. The number of amides is 1. The van der Waals surface area contributed by atoms with Crippen molar-refractivity contribution in [3.05, 3.63) is 40.7 Å². The van der Waals surface area contributed by atoms with Crippen LogP contribution in [-0.2, 0) is 17.5 Å². The largest absolute Gasteiger partial charge is 0.508 e. The number of aryl methyl sites for hydroxylation is 1. The monoisotopic (exact) mass is 381 g/mol. The summed E-state index contributed by atoms with van der Waals surface area (Å²) >= 11 is 0. The maximum atomic E-state index is 13.0. The highest BCUT2D eigenvalue weighted by Gasteiger charge is 2.38. The van der Waals surface area contributed by atoms with Crippen molar-refractivity contribution < 1.29 is 23.1 Å². The van der Waals surface area contributed by atoms with Gasteiger partial charge < -0.3 is 10.4 Å². The molecular weight excluding hydrogens is 359 g/mol. The topological polar surface area (TPSA) is 67.2 Å². The molecule has 2 aromatic rings. The fraction of sp³-hybridized carbons (Fsp3) is 0.474. The summed E-state index contributed by atoms with van der Waals surface area (Å²) in [5.41, 5.74) is 1.36. The number of alkyl halides is 3. The maximum absolute atomic E-state index is 13.0. The minimum Gasteiger partial charge on any atom is -0.508 e. The Kier molecular flexibility index (Phi) is 4.92. The number of phenolic OH excluding ortho intramolecular Hbond substituents is 1. The van der Waals surface area contributed by atoms with E-state index in [1.54, 1.807) is 19.1 Å². The number of nitrogens with zero attached hydrogens (tertiary/aromatic N) is 2. The number of carbonyl (C=O) groups is 1. The lowest BCUT2D eigenvalue weighted by Crippen LogP contribution is -2.22. The first-order valence-electron chi connectivity index (χ1n) is 8.84. The average molecular weight is 381 g/mol. The van der Waals surface area contributed by atoms with Gasteiger partial charge in [-0.3, -0.25) is 9.48 Å². The Balaban J connectivity index is 1.81. The van der Waals surface area contributed by atoms with E-state index in [9.17, 15) is 23.1 Å². The molecule has 1 aliphatic rings. The smallest absolute Gasteiger partial charge is 0.435 e. The van der Waals surface area contributed by atoms with E-state index in [0.717, 1.165) is 23.6 Å². The zero-order valence-corrected chi connectivity index (χ0v) is 15.4. The van der Waals surface area contributed by atoms with E-state index < -0.39 is 17.8 Å². The standard InChI is InChI=1S/C19H22F3N3O2/c1-10(2)13-7-14(11(3)6-16(13)26)23-18(27)9-25-15(12-4-5-12)8-17(24-25)19(20,21)22/h6-8,10,12,26H,4-5,9H2,1-3H3,(H,23,27). The van der Waals surface area contributed by atoms with Crippen LogP contribution in [0, 0.1) is 6.92 Å². The Morgan fingerprint density at radius 1 is 1.33 bits per heavy atom. The van der Waals surface area contributed by atoms with Crippen LogP contribution in [0.5, 0.6) is 5.75 Å². The lowest BCUT2D eigenvalue weighted by atomic mass is 9.99. The molecule has 0 spiro atoms. The predicted molar refractivity (Wildman–Crippen MR) is 94.8 cm³/mol. The zero-order valence-electron chi connectivity index (χ0n) is 15.4. The first-order chi connectivity index (χ1) is 12.6. The van der Waals surface area contributed by atoms with Crippen LogP contribution < -0.4 is 5.32 Å². The summed E-state index contributed by atoms with van der Waals surface area (Å²) in [4.78, 5) is 12.4. The molecule has 0 atom stereocenters. The Bertz CT molecular complexity index is 868. The summed E-state index contributed by atoms with van der Waals surface area (Å²) in [5.74, 6) is -0.219. The Morgan fingerprint density at radius 3 is 2.56 bits per heavy atom. The van der Waals surface area contributed by atoms with Crippen LogP contribution in [0.1, 0.15) is 61.0 Å². The van der Waals surface area contributed by atoms with Crippen LogP contribution in [-0.4, -0.2) is 20.8 Å². The molecule has 0 saturated heterocycles. The molecule has 1 aliphatic carbocycles. The number of aromatic nitrogens is 2. The summed E-state index contributed by atoms with van der Waals surface area (Å²) in [7, 11) is 0. The molecular formula is C19H22F3N3O2. The number of hydrogen-bond acceptors (Lipinski definition) is 3. The molecule has 27 heavy (non-hydrogen) atoms. The second-order valence-electron chi connectivity index (χ2n) is 7.31. The second kappa shape index (κ2) is 6.90. The number of nitrogens with one attached hydrogen (secondary N) is 1. The SMILES string of the molecule is Cc1cc(O)c(C(C)C)cc1NC(=O)Cn1nc(C(F)(F)F)cc1C1CC1. The quantitative estimate of drug-likeness (QED) is 0.747. The molecule has 146 valence electrons. The average Bonchev–Trinajstić information content (AvgIpc) is 3.29. The minimum absolute atomic E-state index is 0.0318. The lowest BCUT2D eigenvalue weighted by Gasteiger charge is -2.15. The third-order valence-electron chi connectivity index (χ3n) is 4.66. The molecule has 5 nitrogen and oxygen atoms in total. The molecule has 1 aromatic heterocycles. The van der Waals surface area contributed by atoms with Crippen molar-refractivity contribution in [2.24, 2.45) is 0 Å². The summed E-state index contributed by atoms with van der Waals surface area (Å²) in [6.45, 7) is 5.28. The number of halogens is 3. The highest BCUT2D eigenvalue weighted by Crippen LogP contribution is 2.42. The van der Waals surface area contributed by atoms with Gasteiger partial charge in [0.2, 0.25) is 5.91 Å². The molecule has 0 radical (unpaired) electrons. The minimum atomic E-state index is -4.54. The lowest BCUT2D eigenvalue weighted by molar-refractivity contribution is -0.141. The number of aromatic hydroxyl groups is 1. The van der Waals surface area contributed by atoms with Gasteiger partial charge in [-0.1, -0.05) is 13.8 Å². The highest BCUT2D eigenvalue weighted by molar-refractivity contribution is 5.91. The van der Waals surface area contributed by atoms with Crippen molar-refractivity contribution in [3.63, 3.8) is 0 Å². The number of phenols is 1. The Morgan fingerprint density at radius 2 is 2.00 bits per heavy atom. The van der Waals surface area contributed by atoms with Gasteiger partial charge in [0, 0.05) is 17.3 Å². The summed E-state index contributed by atoms with van der Waals surface area (Å²) in [6, 6.07) is 4.29. The molecule has 0 unspecified atom stereocenters. The van der Waals surface area contributed by atoms with Gasteiger partial charge >= 0.3 is 6.18 Å². The summed E-state index contributed by atoms with van der Waals surface area (Å²) in [5, 5.41) is 16.3. The number of hydrogen-bond donors (Lipinski definition) is 2. The molecule has 1 fully saturated rings. The molecule has 0 aliphatic heterocycles. The van der Waals surface area contributed by atoms with Crippen molar-refractivity contribution in [3.8, 4) is 5.75 Å². The number of benzene rings is 1. The fourth-order valence-electron chi connectivity index (χ4n) is 3.04. The van der Waals surface area contributed by atoms with Gasteiger partial charge in [-0.15, -0.1) is 0 Å². The van der Waals surface area contributed by atoms with E-state index in [1.165, 1.54) is 0 Å². The van der Waals surface area contributed by atoms with Gasteiger partial charge in [-0.2, -0.15) is 18.3 Å². The molecule has 1 amide bonds. The first-order valence-corrected chi connectivity index (χ1v) is 8.84. The fourth-order valence-corrected chi connectivity index (χ4v) is 3.04. The molecule has 0 bridgehead atoms. The predicted octanol–water partition coefficient (Wildman–Crippen LogP) is 4.56. The first kappa shape index (κ1) is 19.3. The normalized spacial score (nSPS) is 14.6. The van der Waals surface area contributed by atoms with E-state index >= 15 is 0 Å². The van der Waals surface area contributed by atoms with Crippen molar-refractivity contribution in [1.29, 1.82) is 0 Å². The van der Waals surface area contributed by atoms with Crippen molar-refractivity contribution in [1.82, 2.24) is 9.78 Å². The highest BCUT2D eigenvalue weighted by atomic mass is 19.4. The Labute approximate surface area is 155 Å². The van der Waals surface area contributed by atoms with Gasteiger partial charge in [-0.05, 0) is 55.0 Å². The number of carbonyl (C=O) groups excluding carboxylic acids is 1. The van der Waals surface area contributed by atoms with Crippen LogP contribution in [0.15, 0.2) is 18.2 Å². The van der Waals surface area contributed by atoms with Gasteiger partial charge in [0.25, 0.3) is 0 Å². The Hall–Kier alpha value is -2.51. The molecule has 8 heteroatoms. The van der Waals surface area contributed by atoms with E-state index in [1.807, 2.05) is 13.8 Å². The van der Waals surface area contributed by atoms with Crippen molar-refractivity contribution >= 4 is 11.6 Å². The van der Waals surface area contributed by atoms with Gasteiger partial charge in [0.1, 0.15) is 12.3 Å². The third kappa shape index (κ3) is 4.26. The van der Waals surface area contributed by atoms with Crippen LogP contribution in [0.4, 0.5) is 18.9 Å². The molecule has 1 aromatic carbocycles. The summed E-state index contributed by atoms with van der Waals surface area (Å²) < 4.78 is 40.0. The maximum Gasteiger partial charge on any atom is 0.435 e. The van der Waals surface area contributed by atoms with E-state index in [4.69, 9.17) is 0 Å². The van der Waals surface area contributed by atoms with Gasteiger partial charge in [0.15, 0.2) is 5.69 Å². The van der Waals surface area contributed by atoms with Crippen molar-refractivity contribution in [2.75, 3.05) is 5.32 Å². The molecule has 1 heterocycles. The van der Waals surface area contributed by atoms with Crippen LogP contribution in [0.2, 0.25) is 0 Å². The second-order valence-corrected chi connectivity index (χ2v) is 7.31. The van der Waals surface area contributed by atoms with Gasteiger partial charge in [-0.25, -0.2) is 0 Å². The molecule has 1 saturated carbocycles. The van der Waals surface area contributed by atoms with Gasteiger partial charge in [0.05, 0.1) is 0 Å². The number of anilines is 1. The van der Waals surface area contributed by atoms with E-state index in [2.05, 4.69) is 10.4 Å². The molecule has 3 rings (SSSR count). The number of rotatable bonds is 5. The van der Waals surface area contributed by atoms with Crippen LogP contribution in [0.25, 0.3) is 0 Å². The van der Waals surface area contributed by atoms with E-state index in [-0.39, 0.29) is 24.1 Å². The molecule has 2 N–H and O–H groups in total. The van der Waals surface area contributed by atoms with Crippen LogP contribution >= 0.6 is 0 Å². The van der Waals surface area contributed by atoms with Crippen molar-refractivity contribution in [2.45, 2.75) is 58.2 Å². The summed E-state index contributed by atoms with van der Waals surface area (Å²) in [6.07, 6.45) is -2.93. The van der Waals surface area contributed by atoms with E-state index in [0.29, 0.717) is 22.5 Å². The third-order valence-corrected chi connectivity index (χ3v) is 4.66.